The summed E-state index contributed by atoms with van der Waals surface area (Å²) in [5.74, 6) is 0.153. The summed E-state index contributed by atoms with van der Waals surface area (Å²) in [4.78, 5) is 16.1. The zero-order chi connectivity index (χ0) is 14.7. The number of carbonyl (C=O) groups is 1. The molecule has 7 nitrogen and oxygen atoms in total. The molecule has 0 saturated carbocycles. The van der Waals surface area contributed by atoms with Crippen molar-refractivity contribution in [1.29, 1.82) is 0 Å². The number of aromatic amines is 1. The summed E-state index contributed by atoms with van der Waals surface area (Å²) in [5, 5.41) is 9.77. The summed E-state index contributed by atoms with van der Waals surface area (Å²) in [6, 6.07) is 0. The van der Waals surface area contributed by atoms with Crippen molar-refractivity contribution in [3.05, 3.63) is 36.2 Å². The van der Waals surface area contributed by atoms with Gasteiger partial charge in [-0.15, -0.1) is 0 Å². The summed E-state index contributed by atoms with van der Waals surface area (Å²) in [6.07, 6.45) is 8.86. The molecule has 2 N–H and O–H groups in total. The molecule has 1 aliphatic heterocycles. The van der Waals surface area contributed by atoms with Gasteiger partial charge in [0.25, 0.3) is 5.91 Å². The number of rotatable bonds is 4. The van der Waals surface area contributed by atoms with E-state index in [0.717, 1.165) is 25.0 Å². The van der Waals surface area contributed by atoms with E-state index in [2.05, 4.69) is 20.5 Å². The zero-order valence-electron chi connectivity index (χ0n) is 12.0. The summed E-state index contributed by atoms with van der Waals surface area (Å²) < 4.78 is 7.56. The van der Waals surface area contributed by atoms with Gasteiger partial charge < -0.3 is 14.6 Å². The highest BCUT2D eigenvalue weighted by atomic mass is 16.5. The van der Waals surface area contributed by atoms with Crippen LogP contribution in [0.25, 0.3) is 0 Å². The Balaban J connectivity index is 1.63. The molecule has 3 rings (SSSR count). The van der Waals surface area contributed by atoms with E-state index in [0.29, 0.717) is 12.2 Å². The highest BCUT2D eigenvalue weighted by Gasteiger charge is 2.28. The van der Waals surface area contributed by atoms with Gasteiger partial charge in [-0.2, -0.15) is 5.10 Å². The number of amides is 1. The minimum Gasteiger partial charge on any atom is -0.373 e. The SMILES string of the molecule is Cn1cncc1C(=O)NC[C@@H]1CCCO[C@H]1c1cn[nH]c1. The van der Waals surface area contributed by atoms with Gasteiger partial charge in [0.05, 0.1) is 24.8 Å². The Hall–Kier alpha value is -2.15. The van der Waals surface area contributed by atoms with Crippen LogP contribution in [0.2, 0.25) is 0 Å². The van der Waals surface area contributed by atoms with Crippen molar-refractivity contribution in [3.63, 3.8) is 0 Å². The van der Waals surface area contributed by atoms with Crippen molar-refractivity contribution >= 4 is 5.91 Å². The number of H-pyrrole nitrogens is 1. The fourth-order valence-corrected chi connectivity index (χ4v) is 2.73. The van der Waals surface area contributed by atoms with Crippen LogP contribution in [0.1, 0.15) is 35.0 Å². The van der Waals surface area contributed by atoms with Crippen molar-refractivity contribution in [3.8, 4) is 0 Å². The van der Waals surface area contributed by atoms with Crippen molar-refractivity contribution < 1.29 is 9.53 Å². The Labute approximate surface area is 122 Å². The third-order valence-corrected chi connectivity index (χ3v) is 3.87. The predicted octanol–water partition coefficient (Wildman–Crippen LogP) is 1.04. The van der Waals surface area contributed by atoms with E-state index in [1.165, 1.54) is 0 Å². The minimum atomic E-state index is -0.105. The maximum atomic E-state index is 12.1. The summed E-state index contributed by atoms with van der Waals surface area (Å²) >= 11 is 0. The van der Waals surface area contributed by atoms with E-state index in [4.69, 9.17) is 4.74 Å². The molecule has 2 atom stereocenters. The van der Waals surface area contributed by atoms with Gasteiger partial charge in [0.1, 0.15) is 5.69 Å². The van der Waals surface area contributed by atoms with Crippen LogP contribution in [-0.4, -0.2) is 38.8 Å². The lowest BCUT2D eigenvalue weighted by Gasteiger charge is -2.31. The average Bonchev–Trinajstić information content (AvgIpc) is 3.16. The van der Waals surface area contributed by atoms with Crippen molar-refractivity contribution in [2.24, 2.45) is 13.0 Å². The Bertz CT molecular complexity index is 592. The molecule has 3 heterocycles. The number of nitrogens with one attached hydrogen (secondary N) is 2. The second kappa shape index (κ2) is 6.09. The first-order chi connectivity index (χ1) is 10.3. The third kappa shape index (κ3) is 2.97. The largest absolute Gasteiger partial charge is 0.373 e. The molecule has 0 unspecified atom stereocenters. The molecule has 1 saturated heterocycles. The van der Waals surface area contributed by atoms with Crippen LogP contribution in [0.15, 0.2) is 24.9 Å². The first-order valence-electron chi connectivity index (χ1n) is 7.10. The Morgan fingerprint density at radius 1 is 1.57 bits per heavy atom. The first kappa shape index (κ1) is 13.8. The molecule has 0 bridgehead atoms. The quantitative estimate of drug-likeness (QED) is 0.880. The molecular weight excluding hydrogens is 270 g/mol. The van der Waals surface area contributed by atoms with Gasteiger partial charge in [0, 0.05) is 37.9 Å². The van der Waals surface area contributed by atoms with E-state index in [1.807, 2.05) is 6.20 Å². The summed E-state index contributed by atoms with van der Waals surface area (Å²) in [6.45, 7) is 1.34. The summed E-state index contributed by atoms with van der Waals surface area (Å²) in [5.41, 5.74) is 1.60. The van der Waals surface area contributed by atoms with Gasteiger partial charge >= 0.3 is 0 Å². The number of aromatic nitrogens is 4. The van der Waals surface area contributed by atoms with E-state index in [1.54, 1.807) is 30.3 Å². The fourth-order valence-electron chi connectivity index (χ4n) is 2.73. The van der Waals surface area contributed by atoms with Crippen LogP contribution in [0.5, 0.6) is 0 Å². The van der Waals surface area contributed by atoms with Gasteiger partial charge in [-0.25, -0.2) is 4.98 Å². The smallest absolute Gasteiger partial charge is 0.269 e. The average molecular weight is 289 g/mol. The lowest BCUT2D eigenvalue weighted by atomic mass is 9.91. The lowest BCUT2D eigenvalue weighted by molar-refractivity contribution is -0.0272. The minimum absolute atomic E-state index is 0.00987. The number of ether oxygens (including phenoxy) is 1. The standard InChI is InChI=1S/C14H19N5O2/c1-19-9-15-8-12(19)14(20)16-5-10-3-2-4-21-13(10)11-6-17-18-7-11/h6-10,13H,2-5H2,1H3,(H,16,20)(H,17,18)/t10-,13+/m0/s1. The third-order valence-electron chi connectivity index (χ3n) is 3.87. The molecule has 2 aromatic heterocycles. The fraction of sp³-hybridized carbons (Fsp3) is 0.500. The highest BCUT2D eigenvalue weighted by molar-refractivity contribution is 5.92. The number of carbonyl (C=O) groups excluding carboxylic acids is 1. The van der Waals surface area contributed by atoms with Crippen LogP contribution in [0, 0.1) is 5.92 Å². The summed E-state index contributed by atoms with van der Waals surface area (Å²) in [7, 11) is 1.81. The normalized spacial score (nSPS) is 22.1. The maximum absolute atomic E-state index is 12.1. The molecule has 7 heteroatoms. The van der Waals surface area contributed by atoms with Crippen LogP contribution in [0.3, 0.4) is 0 Å². The molecule has 0 radical (unpaired) electrons. The van der Waals surface area contributed by atoms with Crippen molar-refractivity contribution in [2.45, 2.75) is 18.9 Å². The van der Waals surface area contributed by atoms with E-state index in [9.17, 15) is 4.79 Å². The van der Waals surface area contributed by atoms with Gasteiger partial charge in [-0.05, 0) is 12.8 Å². The second-order valence-corrected chi connectivity index (χ2v) is 5.33. The van der Waals surface area contributed by atoms with Crippen LogP contribution in [0.4, 0.5) is 0 Å². The Morgan fingerprint density at radius 2 is 2.48 bits per heavy atom. The molecule has 0 spiro atoms. The van der Waals surface area contributed by atoms with Crippen LogP contribution >= 0.6 is 0 Å². The number of imidazole rings is 1. The maximum Gasteiger partial charge on any atom is 0.269 e. The molecular formula is C14H19N5O2. The van der Waals surface area contributed by atoms with E-state index in [-0.39, 0.29) is 17.9 Å². The Kier molecular flexibility index (Phi) is 4.01. The van der Waals surface area contributed by atoms with E-state index >= 15 is 0 Å². The molecule has 21 heavy (non-hydrogen) atoms. The molecule has 0 aromatic carbocycles. The van der Waals surface area contributed by atoms with Crippen molar-refractivity contribution in [1.82, 2.24) is 25.1 Å². The van der Waals surface area contributed by atoms with Crippen molar-refractivity contribution in [2.75, 3.05) is 13.2 Å². The monoisotopic (exact) mass is 289 g/mol. The van der Waals surface area contributed by atoms with Gasteiger partial charge in [0.15, 0.2) is 0 Å². The van der Waals surface area contributed by atoms with Gasteiger partial charge in [-0.1, -0.05) is 0 Å². The first-order valence-corrected chi connectivity index (χ1v) is 7.10. The van der Waals surface area contributed by atoms with Crippen LogP contribution in [-0.2, 0) is 11.8 Å². The predicted molar refractivity (Wildman–Crippen MR) is 75.5 cm³/mol. The van der Waals surface area contributed by atoms with Gasteiger partial charge in [-0.3, -0.25) is 9.89 Å². The van der Waals surface area contributed by atoms with Gasteiger partial charge in [0.2, 0.25) is 0 Å². The molecule has 1 amide bonds. The zero-order valence-corrected chi connectivity index (χ0v) is 12.0. The number of aryl methyl sites for hydroxylation is 1. The number of nitrogens with zero attached hydrogens (tertiary/aromatic N) is 3. The highest BCUT2D eigenvalue weighted by Crippen LogP contribution is 2.32. The number of hydrogen-bond acceptors (Lipinski definition) is 4. The molecule has 2 aromatic rings. The van der Waals surface area contributed by atoms with Crippen LogP contribution < -0.4 is 5.32 Å². The molecule has 112 valence electrons. The molecule has 0 aliphatic carbocycles. The Morgan fingerprint density at radius 3 is 3.19 bits per heavy atom. The molecule has 1 fully saturated rings. The topological polar surface area (TPSA) is 84.8 Å². The molecule has 1 aliphatic rings. The number of hydrogen-bond donors (Lipinski definition) is 2. The second-order valence-electron chi connectivity index (χ2n) is 5.33. The van der Waals surface area contributed by atoms with E-state index < -0.39 is 0 Å². The lowest BCUT2D eigenvalue weighted by Crippen LogP contribution is -2.35.